The second kappa shape index (κ2) is 6.83. The Morgan fingerprint density at radius 1 is 1.00 bits per heavy atom. The SMILES string of the molecule is O=C(NC1CCc2c(O)cccc21)c1ccc(-c2ccc(F)cc2)cc1F. The minimum atomic E-state index is -0.636. The topological polar surface area (TPSA) is 49.3 Å². The van der Waals surface area contributed by atoms with Crippen LogP contribution >= 0.6 is 0 Å². The summed E-state index contributed by atoms with van der Waals surface area (Å²) in [5, 5.41) is 12.8. The van der Waals surface area contributed by atoms with E-state index in [0.717, 1.165) is 11.1 Å². The normalized spacial score (nSPS) is 15.4. The van der Waals surface area contributed by atoms with Gasteiger partial charge in [-0.25, -0.2) is 8.78 Å². The number of hydrogen-bond acceptors (Lipinski definition) is 2. The molecule has 3 aromatic carbocycles. The Kier molecular flexibility index (Phi) is 4.36. The number of halogens is 2. The summed E-state index contributed by atoms with van der Waals surface area (Å²) in [5.74, 6) is -1.28. The van der Waals surface area contributed by atoms with E-state index in [2.05, 4.69) is 5.32 Å². The maximum absolute atomic E-state index is 14.5. The summed E-state index contributed by atoms with van der Waals surface area (Å²) >= 11 is 0. The lowest BCUT2D eigenvalue weighted by molar-refractivity contribution is 0.0932. The van der Waals surface area contributed by atoms with Crippen molar-refractivity contribution >= 4 is 5.91 Å². The van der Waals surface area contributed by atoms with Gasteiger partial charge in [0, 0.05) is 0 Å². The fourth-order valence-corrected chi connectivity index (χ4v) is 3.54. The lowest BCUT2D eigenvalue weighted by Gasteiger charge is -2.15. The van der Waals surface area contributed by atoms with Crippen LogP contribution < -0.4 is 5.32 Å². The maximum atomic E-state index is 14.5. The van der Waals surface area contributed by atoms with Gasteiger partial charge >= 0.3 is 0 Å². The zero-order chi connectivity index (χ0) is 19.0. The van der Waals surface area contributed by atoms with Gasteiger partial charge in [-0.1, -0.05) is 30.3 Å². The molecule has 0 heterocycles. The largest absolute Gasteiger partial charge is 0.508 e. The van der Waals surface area contributed by atoms with E-state index >= 15 is 0 Å². The predicted octanol–water partition coefficient (Wildman–Crippen LogP) is 4.75. The number of carbonyl (C=O) groups excluding carboxylic acids is 1. The molecule has 136 valence electrons. The van der Waals surface area contributed by atoms with Gasteiger partial charge in [-0.2, -0.15) is 0 Å². The molecule has 0 bridgehead atoms. The van der Waals surface area contributed by atoms with Crippen LogP contribution in [0.5, 0.6) is 5.75 Å². The Bertz CT molecular complexity index is 1020. The Morgan fingerprint density at radius 2 is 1.74 bits per heavy atom. The van der Waals surface area contributed by atoms with Gasteiger partial charge in [-0.05, 0) is 65.4 Å². The minimum Gasteiger partial charge on any atom is -0.508 e. The third kappa shape index (κ3) is 3.28. The predicted molar refractivity (Wildman–Crippen MR) is 98.4 cm³/mol. The van der Waals surface area contributed by atoms with Crippen molar-refractivity contribution in [1.82, 2.24) is 5.32 Å². The number of benzene rings is 3. The quantitative estimate of drug-likeness (QED) is 0.703. The van der Waals surface area contributed by atoms with Gasteiger partial charge in [0.2, 0.25) is 0 Å². The van der Waals surface area contributed by atoms with Crippen molar-refractivity contribution in [2.75, 3.05) is 0 Å². The Labute approximate surface area is 155 Å². The lowest BCUT2D eigenvalue weighted by atomic mass is 10.0. The first-order valence-corrected chi connectivity index (χ1v) is 8.70. The molecule has 3 nitrogen and oxygen atoms in total. The highest BCUT2D eigenvalue weighted by Crippen LogP contribution is 2.36. The van der Waals surface area contributed by atoms with Crippen LogP contribution in [-0.4, -0.2) is 11.0 Å². The summed E-state index contributed by atoms with van der Waals surface area (Å²) in [6, 6.07) is 15.0. The van der Waals surface area contributed by atoms with Crippen LogP contribution in [0.4, 0.5) is 8.78 Å². The van der Waals surface area contributed by atoms with Crippen LogP contribution in [0.25, 0.3) is 11.1 Å². The third-order valence-electron chi connectivity index (χ3n) is 4.94. The van der Waals surface area contributed by atoms with Gasteiger partial charge in [0.05, 0.1) is 11.6 Å². The lowest BCUT2D eigenvalue weighted by Crippen LogP contribution is -2.27. The number of amides is 1. The summed E-state index contributed by atoms with van der Waals surface area (Å²) in [5.41, 5.74) is 2.89. The van der Waals surface area contributed by atoms with Gasteiger partial charge in [0.1, 0.15) is 17.4 Å². The van der Waals surface area contributed by atoms with Gasteiger partial charge in [0.15, 0.2) is 0 Å². The molecular weight excluding hydrogens is 348 g/mol. The molecule has 0 saturated heterocycles. The molecule has 1 amide bonds. The Morgan fingerprint density at radius 3 is 2.48 bits per heavy atom. The maximum Gasteiger partial charge on any atom is 0.254 e. The number of phenols is 1. The van der Waals surface area contributed by atoms with Crippen molar-refractivity contribution in [1.29, 1.82) is 0 Å². The second-order valence-electron chi connectivity index (χ2n) is 6.61. The summed E-state index contributed by atoms with van der Waals surface area (Å²) in [4.78, 5) is 12.5. The zero-order valence-electron chi connectivity index (χ0n) is 14.4. The monoisotopic (exact) mass is 365 g/mol. The highest BCUT2D eigenvalue weighted by Gasteiger charge is 2.27. The number of carbonyl (C=O) groups is 1. The summed E-state index contributed by atoms with van der Waals surface area (Å²) < 4.78 is 27.6. The molecule has 0 aliphatic heterocycles. The van der Waals surface area contributed by atoms with Crippen LogP contribution in [-0.2, 0) is 6.42 Å². The minimum absolute atomic E-state index is 0.0468. The number of fused-ring (bicyclic) bond motifs is 1. The van der Waals surface area contributed by atoms with Crippen molar-refractivity contribution in [3.05, 3.63) is 89.0 Å². The van der Waals surface area contributed by atoms with E-state index in [4.69, 9.17) is 0 Å². The molecule has 27 heavy (non-hydrogen) atoms. The second-order valence-corrected chi connectivity index (χ2v) is 6.61. The van der Waals surface area contributed by atoms with Crippen molar-refractivity contribution in [3.63, 3.8) is 0 Å². The molecule has 4 rings (SSSR count). The molecule has 1 aliphatic carbocycles. The van der Waals surface area contributed by atoms with Crippen molar-refractivity contribution in [2.24, 2.45) is 0 Å². The van der Waals surface area contributed by atoms with Crippen LogP contribution in [0.3, 0.4) is 0 Å². The van der Waals surface area contributed by atoms with Crippen LogP contribution in [0.2, 0.25) is 0 Å². The zero-order valence-corrected chi connectivity index (χ0v) is 14.4. The molecule has 5 heteroatoms. The third-order valence-corrected chi connectivity index (χ3v) is 4.94. The molecule has 1 unspecified atom stereocenters. The average Bonchev–Trinajstić information content (AvgIpc) is 3.06. The van der Waals surface area contributed by atoms with Crippen molar-refractivity contribution in [3.8, 4) is 16.9 Å². The van der Waals surface area contributed by atoms with E-state index in [1.165, 1.54) is 24.3 Å². The summed E-state index contributed by atoms with van der Waals surface area (Å²) in [7, 11) is 0. The number of rotatable bonds is 3. The van der Waals surface area contributed by atoms with Crippen LogP contribution in [0.1, 0.15) is 33.9 Å². The molecule has 1 atom stereocenters. The molecule has 2 N–H and O–H groups in total. The number of nitrogens with one attached hydrogen (secondary N) is 1. The van der Waals surface area contributed by atoms with E-state index in [1.807, 2.05) is 6.07 Å². The molecular formula is C22H17F2NO2. The van der Waals surface area contributed by atoms with Crippen LogP contribution in [0, 0.1) is 11.6 Å². The van der Waals surface area contributed by atoms with Gasteiger partial charge in [0.25, 0.3) is 5.91 Å². The van der Waals surface area contributed by atoms with E-state index in [1.54, 1.807) is 30.3 Å². The van der Waals surface area contributed by atoms with Crippen LogP contribution in [0.15, 0.2) is 60.7 Å². The summed E-state index contributed by atoms with van der Waals surface area (Å²) in [6.07, 6.45) is 1.33. The fraction of sp³-hybridized carbons (Fsp3) is 0.136. The standard InChI is InChI=1S/C22H17F2NO2/c23-15-7-4-13(5-8-15)14-6-9-18(19(24)12-14)22(27)25-20-11-10-17-16(20)2-1-3-21(17)26/h1-9,12,20,26H,10-11H2,(H,25,27). The smallest absolute Gasteiger partial charge is 0.254 e. The molecule has 1 aliphatic rings. The molecule has 0 saturated carbocycles. The molecule has 3 aromatic rings. The average molecular weight is 365 g/mol. The van der Waals surface area contributed by atoms with Gasteiger partial charge < -0.3 is 10.4 Å². The van der Waals surface area contributed by atoms with Crippen molar-refractivity contribution < 1.29 is 18.7 Å². The Balaban J connectivity index is 1.55. The highest BCUT2D eigenvalue weighted by atomic mass is 19.1. The first-order chi connectivity index (χ1) is 13.0. The van der Waals surface area contributed by atoms with E-state index in [0.29, 0.717) is 24.0 Å². The number of hydrogen-bond donors (Lipinski definition) is 2. The number of aromatic hydroxyl groups is 1. The van der Waals surface area contributed by atoms with Gasteiger partial charge in [-0.3, -0.25) is 4.79 Å². The van der Waals surface area contributed by atoms with E-state index < -0.39 is 11.7 Å². The van der Waals surface area contributed by atoms with E-state index in [9.17, 15) is 18.7 Å². The highest BCUT2D eigenvalue weighted by molar-refractivity contribution is 5.95. The molecule has 0 radical (unpaired) electrons. The fourth-order valence-electron chi connectivity index (χ4n) is 3.54. The first-order valence-electron chi connectivity index (χ1n) is 8.70. The van der Waals surface area contributed by atoms with E-state index in [-0.39, 0.29) is 23.2 Å². The molecule has 0 spiro atoms. The molecule has 0 aromatic heterocycles. The summed E-state index contributed by atoms with van der Waals surface area (Å²) in [6.45, 7) is 0. The Hall–Kier alpha value is -3.21. The number of phenolic OH excluding ortho intramolecular Hbond substituents is 1. The molecule has 0 fully saturated rings. The first kappa shape index (κ1) is 17.2. The van der Waals surface area contributed by atoms with Gasteiger partial charge in [-0.15, -0.1) is 0 Å². The van der Waals surface area contributed by atoms with Crippen molar-refractivity contribution in [2.45, 2.75) is 18.9 Å².